The zero-order chi connectivity index (χ0) is 14.4. The number of aromatic nitrogens is 2. The quantitative estimate of drug-likeness (QED) is 0.775. The van der Waals surface area contributed by atoms with Gasteiger partial charge in [-0.25, -0.2) is 9.37 Å². The molecule has 0 aliphatic rings. The van der Waals surface area contributed by atoms with Gasteiger partial charge in [-0.05, 0) is 31.5 Å². The number of rotatable bonds is 7. The van der Waals surface area contributed by atoms with Gasteiger partial charge in [0.25, 0.3) is 0 Å². The van der Waals surface area contributed by atoms with Crippen molar-refractivity contribution in [3.63, 3.8) is 0 Å². The van der Waals surface area contributed by atoms with Crippen molar-refractivity contribution < 1.29 is 9.13 Å². The lowest BCUT2D eigenvalue weighted by Crippen LogP contribution is -2.06. The van der Waals surface area contributed by atoms with E-state index in [1.54, 1.807) is 18.3 Å². The molecule has 1 aromatic carbocycles. The molecule has 0 saturated carbocycles. The molecule has 1 N–H and O–H groups in total. The third-order valence-corrected chi connectivity index (χ3v) is 3.28. The van der Waals surface area contributed by atoms with E-state index in [1.807, 2.05) is 17.7 Å². The van der Waals surface area contributed by atoms with Crippen molar-refractivity contribution in [3.05, 3.63) is 40.9 Å². The summed E-state index contributed by atoms with van der Waals surface area (Å²) in [5, 5.41) is 3.01. The van der Waals surface area contributed by atoms with Crippen LogP contribution < -0.4 is 5.32 Å². The molecule has 1 heterocycles. The number of ether oxygens (including phenoxy) is 1. The first-order chi connectivity index (χ1) is 9.70. The molecule has 0 radical (unpaired) electrons. The molecule has 0 amide bonds. The Morgan fingerprint density at radius 1 is 1.45 bits per heavy atom. The van der Waals surface area contributed by atoms with Crippen LogP contribution in [0.5, 0.6) is 0 Å². The molecule has 108 valence electrons. The fourth-order valence-corrected chi connectivity index (χ4v) is 2.17. The number of nitrogens with one attached hydrogen (secondary N) is 1. The first kappa shape index (κ1) is 15.0. The molecule has 0 aliphatic heterocycles. The lowest BCUT2D eigenvalue weighted by molar-refractivity contribution is 0.142. The van der Waals surface area contributed by atoms with E-state index in [0.29, 0.717) is 18.2 Å². The van der Waals surface area contributed by atoms with Gasteiger partial charge in [-0.2, -0.15) is 0 Å². The van der Waals surface area contributed by atoms with Crippen molar-refractivity contribution in [2.24, 2.45) is 0 Å². The Hall–Kier alpha value is -1.40. The summed E-state index contributed by atoms with van der Waals surface area (Å²) in [6.07, 6.45) is 4.45. The van der Waals surface area contributed by atoms with Crippen LogP contribution in [0.2, 0.25) is 0 Å². The van der Waals surface area contributed by atoms with Crippen molar-refractivity contribution in [2.75, 3.05) is 18.5 Å². The largest absolute Gasteiger partial charge is 0.382 e. The molecule has 0 bridgehead atoms. The highest BCUT2D eigenvalue weighted by Gasteiger charge is 2.07. The number of hydrogen-bond donors (Lipinski definition) is 1. The summed E-state index contributed by atoms with van der Waals surface area (Å²) in [5.74, 6) is 0.315. The molecular formula is C14H17BrFN3O. The molecule has 0 unspecified atom stereocenters. The van der Waals surface area contributed by atoms with Crippen LogP contribution in [0.15, 0.2) is 35.1 Å². The second-order valence-electron chi connectivity index (χ2n) is 4.24. The molecular weight excluding hydrogens is 325 g/mol. The Morgan fingerprint density at radius 3 is 3.10 bits per heavy atom. The Labute approximate surface area is 126 Å². The van der Waals surface area contributed by atoms with Gasteiger partial charge in [0, 0.05) is 36.6 Å². The fourth-order valence-electron chi connectivity index (χ4n) is 1.81. The summed E-state index contributed by atoms with van der Waals surface area (Å²) in [6.45, 7) is 4.18. The second-order valence-corrected chi connectivity index (χ2v) is 5.16. The first-order valence-corrected chi connectivity index (χ1v) is 7.31. The topological polar surface area (TPSA) is 39.1 Å². The average Bonchev–Trinajstić information content (AvgIpc) is 2.86. The van der Waals surface area contributed by atoms with Crippen LogP contribution in [0.3, 0.4) is 0 Å². The zero-order valence-corrected chi connectivity index (χ0v) is 12.9. The molecule has 20 heavy (non-hydrogen) atoms. The van der Waals surface area contributed by atoms with Gasteiger partial charge in [0.15, 0.2) is 0 Å². The second kappa shape index (κ2) is 7.40. The molecule has 0 aliphatic carbocycles. The molecule has 2 aromatic rings. The lowest BCUT2D eigenvalue weighted by Gasteiger charge is -2.10. The van der Waals surface area contributed by atoms with Crippen molar-refractivity contribution in [1.29, 1.82) is 0 Å². The maximum Gasteiger partial charge on any atom is 0.207 e. The van der Waals surface area contributed by atoms with E-state index in [0.717, 1.165) is 24.0 Å². The summed E-state index contributed by atoms with van der Waals surface area (Å²) >= 11 is 3.33. The molecule has 6 heteroatoms. The average molecular weight is 342 g/mol. The highest BCUT2D eigenvalue weighted by Crippen LogP contribution is 2.23. The molecule has 0 saturated heterocycles. The zero-order valence-electron chi connectivity index (χ0n) is 11.3. The predicted octanol–water partition coefficient (Wildman–Crippen LogP) is 3.95. The van der Waals surface area contributed by atoms with E-state index in [4.69, 9.17) is 4.74 Å². The van der Waals surface area contributed by atoms with Gasteiger partial charge in [-0.15, -0.1) is 0 Å². The predicted molar refractivity (Wildman–Crippen MR) is 80.7 cm³/mol. The van der Waals surface area contributed by atoms with Crippen molar-refractivity contribution in [3.8, 4) is 0 Å². The number of aryl methyl sites for hydroxylation is 1. The minimum atomic E-state index is -0.308. The van der Waals surface area contributed by atoms with Crippen LogP contribution in [-0.4, -0.2) is 22.8 Å². The lowest BCUT2D eigenvalue weighted by atomic mass is 10.3. The standard InChI is InChI=1S/C14H17BrFN3O/c1-2-20-9-3-7-19-8-6-17-14(19)18-13-10-11(15)4-5-12(13)16/h4-6,8,10H,2-3,7,9H2,1H3,(H,17,18). The van der Waals surface area contributed by atoms with E-state index in [1.165, 1.54) is 6.07 Å². The van der Waals surface area contributed by atoms with E-state index >= 15 is 0 Å². The Morgan fingerprint density at radius 2 is 2.30 bits per heavy atom. The monoisotopic (exact) mass is 341 g/mol. The van der Waals surface area contributed by atoms with E-state index in [-0.39, 0.29) is 5.82 Å². The highest BCUT2D eigenvalue weighted by atomic mass is 79.9. The van der Waals surface area contributed by atoms with Crippen LogP contribution in [0.1, 0.15) is 13.3 Å². The summed E-state index contributed by atoms with van der Waals surface area (Å²) < 4.78 is 21.8. The third kappa shape index (κ3) is 4.05. The summed E-state index contributed by atoms with van der Waals surface area (Å²) in [7, 11) is 0. The molecule has 0 fully saturated rings. The first-order valence-electron chi connectivity index (χ1n) is 6.51. The van der Waals surface area contributed by atoms with Gasteiger partial charge in [-0.3, -0.25) is 0 Å². The molecule has 2 rings (SSSR count). The smallest absolute Gasteiger partial charge is 0.207 e. The van der Waals surface area contributed by atoms with Gasteiger partial charge < -0.3 is 14.6 Å². The van der Waals surface area contributed by atoms with Gasteiger partial charge in [-0.1, -0.05) is 15.9 Å². The van der Waals surface area contributed by atoms with Gasteiger partial charge in [0.1, 0.15) is 5.82 Å². The Kier molecular flexibility index (Phi) is 5.55. The minimum absolute atomic E-state index is 0.308. The Balaban J connectivity index is 2.02. The molecule has 1 aromatic heterocycles. The van der Waals surface area contributed by atoms with E-state index in [2.05, 4.69) is 26.2 Å². The summed E-state index contributed by atoms with van der Waals surface area (Å²) in [6, 6.07) is 4.76. The van der Waals surface area contributed by atoms with Gasteiger partial charge >= 0.3 is 0 Å². The van der Waals surface area contributed by atoms with Gasteiger partial charge in [0.2, 0.25) is 5.95 Å². The van der Waals surface area contributed by atoms with Crippen LogP contribution in [0.4, 0.5) is 16.0 Å². The number of hydrogen-bond acceptors (Lipinski definition) is 3. The molecule has 4 nitrogen and oxygen atoms in total. The van der Waals surface area contributed by atoms with E-state index < -0.39 is 0 Å². The van der Waals surface area contributed by atoms with E-state index in [9.17, 15) is 4.39 Å². The molecule has 0 atom stereocenters. The maximum atomic E-state index is 13.7. The minimum Gasteiger partial charge on any atom is -0.382 e. The number of halogens is 2. The maximum absolute atomic E-state index is 13.7. The number of anilines is 2. The highest BCUT2D eigenvalue weighted by molar-refractivity contribution is 9.10. The Bertz CT molecular complexity index is 559. The van der Waals surface area contributed by atoms with Crippen molar-refractivity contribution in [1.82, 2.24) is 9.55 Å². The van der Waals surface area contributed by atoms with Crippen LogP contribution in [0, 0.1) is 5.82 Å². The SMILES string of the molecule is CCOCCCn1ccnc1Nc1cc(Br)ccc1F. The summed E-state index contributed by atoms with van der Waals surface area (Å²) in [5.41, 5.74) is 0.400. The van der Waals surface area contributed by atoms with Crippen molar-refractivity contribution >= 4 is 27.6 Å². The number of imidazole rings is 1. The third-order valence-electron chi connectivity index (χ3n) is 2.78. The molecule has 0 spiro atoms. The van der Waals surface area contributed by atoms with Crippen molar-refractivity contribution in [2.45, 2.75) is 19.9 Å². The van der Waals surface area contributed by atoms with Crippen LogP contribution in [0.25, 0.3) is 0 Å². The van der Waals surface area contributed by atoms with Crippen LogP contribution >= 0.6 is 15.9 Å². The number of nitrogens with zero attached hydrogens (tertiary/aromatic N) is 2. The number of benzene rings is 1. The normalized spacial score (nSPS) is 10.8. The summed E-state index contributed by atoms with van der Waals surface area (Å²) in [4.78, 5) is 4.21. The van der Waals surface area contributed by atoms with Crippen LogP contribution in [-0.2, 0) is 11.3 Å². The van der Waals surface area contributed by atoms with Gasteiger partial charge in [0.05, 0.1) is 5.69 Å². The fraction of sp³-hybridized carbons (Fsp3) is 0.357.